The van der Waals surface area contributed by atoms with Gasteiger partial charge < -0.3 is 20.7 Å². The van der Waals surface area contributed by atoms with Gasteiger partial charge in [-0.2, -0.15) is 13.2 Å². The molecule has 0 heterocycles. The van der Waals surface area contributed by atoms with E-state index in [0.717, 1.165) is 30.3 Å². The summed E-state index contributed by atoms with van der Waals surface area (Å²) in [4.78, 5) is 22.2. The molecule has 0 fully saturated rings. The van der Waals surface area contributed by atoms with Crippen LogP contribution in [-0.4, -0.2) is 49.3 Å². The third-order valence-corrected chi connectivity index (χ3v) is 5.36. The number of primary amides is 1. The molecule has 5 N–H and O–H groups in total. The molecule has 2 rings (SSSR count). The molecule has 0 spiro atoms. The van der Waals surface area contributed by atoms with Gasteiger partial charge in [-0.25, -0.2) is 17.6 Å². The summed E-state index contributed by atoms with van der Waals surface area (Å²) in [6.07, 6.45) is -8.78. The van der Waals surface area contributed by atoms with E-state index in [1.54, 1.807) is 0 Å². The van der Waals surface area contributed by atoms with Gasteiger partial charge in [0, 0.05) is 5.69 Å². The summed E-state index contributed by atoms with van der Waals surface area (Å²) in [6, 6.07) is 5.48. The van der Waals surface area contributed by atoms with Crippen molar-refractivity contribution in [3.63, 3.8) is 0 Å². The number of hydrogen-bond donors (Lipinski definition) is 4. The molecule has 0 radical (unpaired) electrons. The number of ether oxygens (including phenoxy) is 1. The van der Waals surface area contributed by atoms with Crippen LogP contribution in [-0.2, 0) is 25.7 Å². The Hall–Kier alpha value is -3.23. The van der Waals surface area contributed by atoms with E-state index in [9.17, 15) is 45.8 Å². The summed E-state index contributed by atoms with van der Waals surface area (Å²) >= 11 is 0. The van der Waals surface area contributed by atoms with Gasteiger partial charge in [0.15, 0.2) is 6.10 Å². The third kappa shape index (κ3) is 6.15. The molecule has 0 bridgehead atoms. The highest BCUT2D eigenvalue weighted by molar-refractivity contribution is 7.92. The number of anilines is 1. The Balaban J connectivity index is 2.12. The van der Waals surface area contributed by atoms with E-state index >= 15 is 0 Å². The first kappa shape index (κ1) is 25.0. The predicted octanol–water partition coefficient (Wildman–Crippen LogP) is 1.01. The van der Waals surface area contributed by atoms with Crippen molar-refractivity contribution in [2.75, 3.05) is 11.3 Å². The molecule has 0 saturated carbocycles. The number of hydrogen-bond acceptors (Lipinski definition) is 7. The van der Waals surface area contributed by atoms with Gasteiger partial charge in [0.05, 0.1) is 16.0 Å². The van der Waals surface area contributed by atoms with Crippen molar-refractivity contribution in [2.24, 2.45) is 5.73 Å². The molecule has 2 unspecified atom stereocenters. The lowest BCUT2D eigenvalue weighted by atomic mass is 10.2. The molecule has 32 heavy (non-hydrogen) atoms. The molecule has 0 saturated heterocycles. The number of nitrogens with two attached hydrogens (primary N) is 1. The number of sulfonamides is 1. The average molecular weight is 480 g/mol. The maximum atomic E-state index is 13.3. The van der Waals surface area contributed by atoms with Gasteiger partial charge in [0.1, 0.15) is 18.5 Å². The van der Waals surface area contributed by atoms with Gasteiger partial charge in [-0.05, 0) is 42.5 Å². The summed E-state index contributed by atoms with van der Waals surface area (Å²) in [7, 11) is -4.39. The number of benzene rings is 2. The molecule has 0 aromatic heterocycles. The minimum Gasteiger partial charge on any atom is -0.459 e. The zero-order chi connectivity index (χ0) is 24.3. The monoisotopic (exact) mass is 480 g/mol. The van der Waals surface area contributed by atoms with Crippen LogP contribution in [0.1, 0.15) is 15.9 Å². The van der Waals surface area contributed by atoms with Gasteiger partial charge >= 0.3 is 12.1 Å². The highest BCUT2D eigenvalue weighted by Crippen LogP contribution is 2.33. The fraction of sp³-hybridized carbons (Fsp3) is 0.222. The fourth-order valence-electron chi connectivity index (χ4n) is 2.32. The van der Waals surface area contributed by atoms with E-state index in [1.807, 2.05) is 4.72 Å². The van der Waals surface area contributed by atoms with Crippen molar-refractivity contribution in [3.05, 3.63) is 59.4 Å². The molecule has 1 amide bonds. The number of nitrogens with one attached hydrogen (secondary N) is 1. The van der Waals surface area contributed by atoms with Crippen LogP contribution >= 0.6 is 0 Å². The molecule has 2 aromatic rings. The van der Waals surface area contributed by atoms with Crippen LogP contribution in [0.15, 0.2) is 47.4 Å². The predicted molar refractivity (Wildman–Crippen MR) is 100 cm³/mol. The second-order valence-corrected chi connectivity index (χ2v) is 8.02. The number of carbonyl (C=O) groups is 2. The number of alkyl halides is 3. The highest BCUT2D eigenvalue weighted by Gasteiger charge is 2.34. The molecule has 9 nitrogen and oxygen atoms in total. The Bertz CT molecular complexity index is 1110. The van der Waals surface area contributed by atoms with Crippen LogP contribution in [0.4, 0.5) is 23.2 Å². The Labute approximate surface area is 178 Å². The Morgan fingerprint density at radius 3 is 2.22 bits per heavy atom. The summed E-state index contributed by atoms with van der Waals surface area (Å²) in [6.45, 7) is -0.781. The fourth-order valence-corrected chi connectivity index (χ4v) is 3.36. The maximum Gasteiger partial charge on any atom is 0.419 e. The van der Waals surface area contributed by atoms with Crippen LogP contribution in [0.25, 0.3) is 0 Å². The molecule has 0 aliphatic rings. The third-order valence-electron chi connectivity index (χ3n) is 3.97. The van der Waals surface area contributed by atoms with Crippen molar-refractivity contribution in [3.8, 4) is 0 Å². The standard InChI is InChI=1S/C18H16F4N2O7S/c19-13-6-3-10(7-12(13)18(20,21)22)24-32(29,30)11-4-1-9(2-5-11)17(28)31-8-14(25)15(26)16(23)27/h1-7,14-15,24-26H,8H2,(H2,23,27). The van der Waals surface area contributed by atoms with Crippen LogP contribution in [0.3, 0.4) is 0 Å². The van der Waals surface area contributed by atoms with Crippen LogP contribution < -0.4 is 10.5 Å². The molecule has 0 aliphatic carbocycles. The first-order valence-corrected chi connectivity index (χ1v) is 10.0. The largest absolute Gasteiger partial charge is 0.459 e. The first-order valence-electron chi connectivity index (χ1n) is 8.54. The Morgan fingerprint density at radius 2 is 1.69 bits per heavy atom. The molecular weight excluding hydrogens is 464 g/mol. The summed E-state index contributed by atoms with van der Waals surface area (Å²) in [5.74, 6) is -3.85. The van der Waals surface area contributed by atoms with Crippen LogP contribution in [0.5, 0.6) is 0 Å². The lowest BCUT2D eigenvalue weighted by molar-refractivity contribution is -0.140. The van der Waals surface area contributed by atoms with Gasteiger partial charge in [-0.15, -0.1) is 0 Å². The second-order valence-electron chi connectivity index (χ2n) is 6.34. The number of halogens is 4. The number of aliphatic hydroxyl groups is 2. The maximum absolute atomic E-state index is 13.3. The van der Waals surface area contributed by atoms with E-state index in [1.165, 1.54) is 0 Å². The van der Waals surface area contributed by atoms with Crippen LogP contribution in [0.2, 0.25) is 0 Å². The van der Waals surface area contributed by atoms with E-state index < -0.39 is 68.9 Å². The van der Waals surface area contributed by atoms with E-state index in [2.05, 4.69) is 4.74 Å². The molecule has 2 aromatic carbocycles. The highest BCUT2D eigenvalue weighted by atomic mass is 32.2. The lowest BCUT2D eigenvalue weighted by Crippen LogP contribution is -2.41. The minimum absolute atomic E-state index is 0.175. The summed E-state index contributed by atoms with van der Waals surface area (Å²) in [5, 5.41) is 18.7. The van der Waals surface area contributed by atoms with Crippen molar-refractivity contribution in [2.45, 2.75) is 23.3 Å². The zero-order valence-electron chi connectivity index (χ0n) is 15.8. The molecular formula is C18H16F4N2O7S. The molecule has 14 heteroatoms. The summed E-state index contributed by atoms with van der Waals surface area (Å²) < 4.78 is 83.0. The number of carbonyl (C=O) groups excluding carboxylic acids is 2. The molecule has 2 atom stereocenters. The van der Waals surface area contributed by atoms with Crippen LogP contribution in [0, 0.1) is 5.82 Å². The normalized spacial score (nSPS) is 13.8. The van der Waals surface area contributed by atoms with Crippen molar-refractivity contribution in [1.29, 1.82) is 0 Å². The van der Waals surface area contributed by atoms with E-state index in [0.29, 0.717) is 12.1 Å². The molecule has 0 aliphatic heterocycles. The zero-order valence-corrected chi connectivity index (χ0v) is 16.7. The quantitative estimate of drug-likeness (QED) is 0.325. The van der Waals surface area contributed by atoms with Crippen molar-refractivity contribution < 1.29 is 50.5 Å². The second kappa shape index (κ2) is 9.50. The first-order chi connectivity index (χ1) is 14.7. The Kier molecular flexibility index (Phi) is 7.43. The van der Waals surface area contributed by atoms with Crippen molar-refractivity contribution in [1.82, 2.24) is 0 Å². The number of esters is 1. The Morgan fingerprint density at radius 1 is 1.09 bits per heavy atom. The average Bonchev–Trinajstić information content (AvgIpc) is 2.71. The van der Waals surface area contributed by atoms with E-state index in [-0.39, 0.29) is 5.56 Å². The van der Waals surface area contributed by atoms with Gasteiger partial charge in [-0.1, -0.05) is 0 Å². The molecule has 174 valence electrons. The summed E-state index contributed by atoms with van der Waals surface area (Å²) in [5.41, 5.74) is 2.41. The minimum atomic E-state index is -5.03. The van der Waals surface area contributed by atoms with E-state index in [4.69, 9.17) is 5.73 Å². The number of amides is 1. The van der Waals surface area contributed by atoms with Crippen molar-refractivity contribution >= 4 is 27.6 Å². The SMILES string of the molecule is NC(=O)C(O)C(O)COC(=O)c1ccc(S(=O)(=O)Nc2ccc(F)c(C(F)(F)F)c2)cc1. The lowest BCUT2D eigenvalue weighted by Gasteiger charge is -2.15. The van der Waals surface area contributed by atoms with Gasteiger partial charge in [-0.3, -0.25) is 9.52 Å². The number of aliphatic hydroxyl groups excluding tert-OH is 2. The van der Waals surface area contributed by atoms with Gasteiger partial charge in [0.2, 0.25) is 5.91 Å². The topological polar surface area (TPSA) is 156 Å². The number of rotatable bonds is 8. The van der Waals surface area contributed by atoms with Gasteiger partial charge in [0.25, 0.3) is 10.0 Å². The smallest absolute Gasteiger partial charge is 0.419 e.